The minimum Gasteiger partial charge on any atom is -0.379 e. The van der Waals surface area contributed by atoms with Gasteiger partial charge >= 0.3 is 6.18 Å². The van der Waals surface area contributed by atoms with Crippen molar-refractivity contribution in [2.75, 3.05) is 0 Å². The molecule has 1 unspecified atom stereocenters. The molecular formula is C12H8F3NO3. The van der Waals surface area contributed by atoms with E-state index in [4.69, 9.17) is 0 Å². The second-order valence-electron chi connectivity index (χ2n) is 3.95. The van der Waals surface area contributed by atoms with Crippen molar-refractivity contribution < 1.29 is 23.2 Å². The van der Waals surface area contributed by atoms with Crippen LogP contribution in [-0.2, 0) is 0 Å². The van der Waals surface area contributed by atoms with Gasteiger partial charge in [-0.05, 0) is 22.4 Å². The molecule has 7 heteroatoms. The van der Waals surface area contributed by atoms with Gasteiger partial charge in [-0.3, -0.25) is 10.1 Å². The monoisotopic (exact) mass is 271 g/mol. The van der Waals surface area contributed by atoms with Crippen LogP contribution in [0.15, 0.2) is 36.4 Å². The summed E-state index contributed by atoms with van der Waals surface area (Å²) < 4.78 is 37.5. The Labute approximate surface area is 105 Å². The maximum absolute atomic E-state index is 12.5. The first-order chi connectivity index (χ1) is 8.80. The number of nitro groups is 1. The van der Waals surface area contributed by atoms with Gasteiger partial charge in [0.15, 0.2) is 6.10 Å². The van der Waals surface area contributed by atoms with Gasteiger partial charge in [0.25, 0.3) is 5.69 Å². The first kappa shape index (κ1) is 13.3. The molecule has 100 valence electrons. The first-order valence-corrected chi connectivity index (χ1v) is 5.22. The molecule has 0 amide bonds. The van der Waals surface area contributed by atoms with Crippen molar-refractivity contribution in [2.24, 2.45) is 0 Å². The maximum atomic E-state index is 12.5. The van der Waals surface area contributed by atoms with Crippen LogP contribution in [0.3, 0.4) is 0 Å². The molecule has 0 spiro atoms. The van der Waals surface area contributed by atoms with E-state index in [0.717, 1.165) is 12.1 Å². The third-order valence-corrected chi connectivity index (χ3v) is 2.71. The minimum absolute atomic E-state index is 0.137. The highest BCUT2D eigenvalue weighted by atomic mass is 19.4. The standard InChI is InChI=1S/C12H8F3NO3/c13-12(14,15)11(17)10-3-1-2-7-6-8(16(18)19)4-5-9(7)10/h1-6,11,17H. The molecule has 0 fully saturated rings. The number of halogens is 3. The number of benzene rings is 2. The Morgan fingerprint density at radius 2 is 1.89 bits per heavy atom. The zero-order valence-corrected chi connectivity index (χ0v) is 9.39. The van der Waals surface area contributed by atoms with Gasteiger partial charge in [-0.25, -0.2) is 0 Å². The summed E-state index contributed by atoms with van der Waals surface area (Å²) in [6.45, 7) is 0. The molecule has 4 nitrogen and oxygen atoms in total. The fourth-order valence-electron chi connectivity index (χ4n) is 1.82. The Bertz CT molecular complexity index is 640. The van der Waals surface area contributed by atoms with Gasteiger partial charge in [0, 0.05) is 12.1 Å². The topological polar surface area (TPSA) is 63.4 Å². The zero-order valence-electron chi connectivity index (χ0n) is 9.39. The molecular weight excluding hydrogens is 263 g/mol. The van der Waals surface area contributed by atoms with Crippen LogP contribution in [0.25, 0.3) is 10.8 Å². The molecule has 0 saturated carbocycles. The molecule has 2 rings (SSSR count). The van der Waals surface area contributed by atoms with Gasteiger partial charge in [-0.1, -0.05) is 18.2 Å². The highest BCUT2D eigenvalue weighted by Crippen LogP contribution is 2.36. The van der Waals surface area contributed by atoms with Crippen molar-refractivity contribution in [3.63, 3.8) is 0 Å². The quantitative estimate of drug-likeness (QED) is 0.673. The molecule has 0 saturated heterocycles. The highest BCUT2D eigenvalue weighted by Gasteiger charge is 2.40. The van der Waals surface area contributed by atoms with Crippen LogP contribution in [0.5, 0.6) is 0 Å². The van der Waals surface area contributed by atoms with Crippen LogP contribution in [0.4, 0.5) is 18.9 Å². The maximum Gasteiger partial charge on any atom is 0.418 e. The molecule has 1 N–H and O–H groups in total. The van der Waals surface area contributed by atoms with E-state index in [1.165, 1.54) is 24.3 Å². The van der Waals surface area contributed by atoms with E-state index in [1.54, 1.807) is 0 Å². The van der Waals surface area contributed by atoms with E-state index in [0.29, 0.717) is 0 Å². The number of alkyl halides is 3. The lowest BCUT2D eigenvalue weighted by atomic mass is 9.99. The van der Waals surface area contributed by atoms with E-state index in [9.17, 15) is 28.4 Å². The third-order valence-electron chi connectivity index (χ3n) is 2.71. The Morgan fingerprint density at radius 1 is 1.21 bits per heavy atom. The normalized spacial score (nSPS) is 13.5. The van der Waals surface area contributed by atoms with Crippen molar-refractivity contribution in [1.29, 1.82) is 0 Å². The first-order valence-electron chi connectivity index (χ1n) is 5.22. The number of aliphatic hydroxyl groups excluding tert-OH is 1. The Balaban J connectivity index is 2.62. The van der Waals surface area contributed by atoms with E-state index < -0.39 is 17.2 Å². The molecule has 0 heterocycles. The van der Waals surface area contributed by atoms with E-state index in [1.807, 2.05) is 0 Å². The van der Waals surface area contributed by atoms with Crippen LogP contribution < -0.4 is 0 Å². The number of aliphatic hydroxyl groups is 1. The van der Waals surface area contributed by atoms with Gasteiger partial charge in [0.1, 0.15) is 0 Å². The lowest BCUT2D eigenvalue weighted by molar-refractivity contribution is -0.384. The summed E-state index contributed by atoms with van der Waals surface area (Å²) in [6.07, 6.45) is -7.39. The van der Waals surface area contributed by atoms with Crippen LogP contribution >= 0.6 is 0 Å². The SMILES string of the molecule is O=[N+]([O-])c1ccc2c(C(O)C(F)(F)F)cccc2c1. The second kappa shape index (κ2) is 4.51. The second-order valence-corrected chi connectivity index (χ2v) is 3.95. The molecule has 0 aliphatic heterocycles. The minimum atomic E-state index is -4.78. The number of nitrogens with zero attached hydrogens (tertiary/aromatic N) is 1. The summed E-state index contributed by atoms with van der Waals surface area (Å²) >= 11 is 0. The van der Waals surface area contributed by atoms with Gasteiger partial charge in [0.05, 0.1) is 4.92 Å². The Kier molecular flexibility index (Phi) is 3.15. The average molecular weight is 271 g/mol. The van der Waals surface area contributed by atoms with Gasteiger partial charge in [-0.15, -0.1) is 0 Å². The predicted molar refractivity (Wildman–Crippen MR) is 61.6 cm³/mol. The summed E-state index contributed by atoms with van der Waals surface area (Å²) in [4.78, 5) is 9.97. The molecule has 0 bridgehead atoms. The average Bonchev–Trinajstić information content (AvgIpc) is 2.35. The lowest BCUT2D eigenvalue weighted by Gasteiger charge is -2.16. The number of nitro benzene ring substituents is 1. The van der Waals surface area contributed by atoms with Gasteiger partial charge in [-0.2, -0.15) is 13.2 Å². The number of hydrogen-bond acceptors (Lipinski definition) is 3. The van der Waals surface area contributed by atoms with E-state index in [-0.39, 0.29) is 22.0 Å². The lowest BCUT2D eigenvalue weighted by Crippen LogP contribution is -2.20. The van der Waals surface area contributed by atoms with Crippen molar-refractivity contribution >= 4 is 16.5 Å². The van der Waals surface area contributed by atoms with Crippen LogP contribution in [0.2, 0.25) is 0 Å². The third kappa shape index (κ3) is 2.50. The fraction of sp³-hybridized carbons (Fsp3) is 0.167. The van der Waals surface area contributed by atoms with Crippen molar-refractivity contribution in [3.05, 3.63) is 52.1 Å². The fourth-order valence-corrected chi connectivity index (χ4v) is 1.82. The number of non-ortho nitro benzene ring substituents is 1. The van der Waals surface area contributed by atoms with E-state index in [2.05, 4.69) is 0 Å². The highest BCUT2D eigenvalue weighted by molar-refractivity contribution is 5.88. The smallest absolute Gasteiger partial charge is 0.379 e. The predicted octanol–water partition coefficient (Wildman–Crippen LogP) is 3.34. The van der Waals surface area contributed by atoms with Crippen molar-refractivity contribution in [1.82, 2.24) is 0 Å². The molecule has 0 aliphatic rings. The van der Waals surface area contributed by atoms with Gasteiger partial charge in [0.2, 0.25) is 0 Å². The number of hydrogen-bond donors (Lipinski definition) is 1. The molecule has 19 heavy (non-hydrogen) atoms. The zero-order chi connectivity index (χ0) is 14.2. The molecule has 0 radical (unpaired) electrons. The summed E-state index contributed by atoms with van der Waals surface area (Å²) in [5.41, 5.74) is -0.536. The Hall–Kier alpha value is -2.15. The van der Waals surface area contributed by atoms with Crippen molar-refractivity contribution in [2.45, 2.75) is 12.3 Å². The molecule has 0 aliphatic carbocycles. The van der Waals surface area contributed by atoms with Crippen LogP contribution in [0.1, 0.15) is 11.7 Å². The molecule has 2 aromatic rings. The Morgan fingerprint density at radius 3 is 2.47 bits per heavy atom. The largest absolute Gasteiger partial charge is 0.418 e. The molecule has 1 atom stereocenters. The molecule has 0 aromatic heterocycles. The molecule has 2 aromatic carbocycles. The summed E-state index contributed by atoms with van der Waals surface area (Å²) in [7, 11) is 0. The van der Waals surface area contributed by atoms with Crippen LogP contribution in [0, 0.1) is 10.1 Å². The summed E-state index contributed by atoms with van der Waals surface area (Å²) in [5, 5.41) is 20.3. The van der Waals surface area contributed by atoms with Crippen molar-refractivity contribution in [3.8, 4) is 0 Å². The van der Waals surface area contributed by atoms with Gasteiger partial charge < -0.3 is 5.11 Å². The number of rotatable bonds is 2. The van der Waals surface area contributed by atoms with E-state index >= 15 is 0 Å². The van der Waals surface area contributed by atoms with Crippen LogP contribution in [-0.4, -0.2) is 16.2 Å². The summed E-state index contributed by atoms with van der Waals surface area (Å²) in [6, 6.07) is 7.40. The summed E-state index contributed by atoms with van der Waals surface area (Å²) in [5.74, 6) is 0. The number of fused-ring (bicyclic) bond motifs is 1.